The Kier molecular flexibility index (Phi) is 3.97. The molecule has 122 valence electrons. The first-order valence-electron chi connectivity index (χ1n) is 8.11. The molecule has 0 amide bonds. The summed E-state index contributed by atoms with van der Waals surface area (Å²) in [6.45, 7) is 1.64. The molecule has 0 saturated carbocycles. The minimum absolute atomic E-state index is 0.0424. The van der Waals surface area contributed by atoms with Crippen molar-refractivity contribution in [2.45, 2.75) is 6.23 Å². The summed E-state index contributed by atoms with van der Waals surface area (Å²) < 4.78 is 13.4. The van der Waals surface area contributed by atoms with Crippen molar-refractivity contribution in [1.29, 1.82) is 0 Å². The van der Waals surface area contributed by atoms with Crippen LogP contribution in [0.25, 0.3) is 5.69 Å². The van der Waals surface area contributed by atoms with Crippen LogP contribution in [0.5, 0.6) is 5.75 Å². The number of benzene rings is 2. The van der Waals surface area contributed by atoms with E-state index in [0.717, 1.165) is 30.2 Å². The third kappa shape index (κ3) is 2.76. The van der Waals surface area contributed by atoms with Crippen molar-refractivity contribution in [1.82, 2.24) is 4.57 Å². The molecule has 1 aliphatic rings. The second-order valence-corrected chi connectivity index (χ2v) is 5.81. The highest BCUT2D eigenvalue weighted by molar-refractivity contribution is 5.49. The van der Waals surface area contributed by atoms with Gasteiger partial charge in [0, 0.05) is 41.9 Å². The normalized spacial score (nSPS) is 17.2. The fraction of sp³-hybridized carbons (Fsp3) is 0.200. The summed E-state index contributed by atoms with van der Waals surface area (Å²) in [6.07, 6.45) is 4.15. The summed E-state index contributed by atoms with van der Waals surface area (Å²) in [5.41, 5.74) is 3.41. The van der Waals surface area contributed by atoms with Crippen LogP contribution in [0.2, 0.25) is 0 Å². The molecule has 1 aromatic heterocycles. The van der Waals surface area contributed by atoms with E-state index in [1.54, 1.807) is 7.11 Å². The largest absolute Gasteiger partial charge is 0.497 e. The van der Waals surface area contributed by atoms with Gasteiger partial charge >= 0.3 is 0 Å². The highest BCUT2D eigenvalue weighted by Crippen LogP contribution is 2.32. The van der Waals surface area contributed by atoms with Crippen molar-refractivity contribution in [3.63, 3.8) is 0 Å². The number of anilines is 1. The second kappa shape index (κ2) is 6.42. The first-order valence-corrected chi connectivity index (χ1v) is 8.11. The quantitative estimate of drug-likeness (QED) is 0.726. The Balaban J connectivity index is 1.62. The van der Waals surface area contributed by atoms with E-state index in [4.69, 9.17) is 9.47 Å². The van der Waals surface area contributed by atoms with Crippen molar-refractivity contribution in [3.8, 4) is 11.4 Å². The highest BCUT2D eigenvalue weighted by Gasteiger charge is 2.27. The number of aromatic nitrogens is 1. The number of hydrogen-bond acceptors (Lipinski definition) is 3. The second-order valence-electron chi connectivity index (χ2n) is 5.81. The molecule has 1 atom stereocenters. The zero-order chi connectivity index (χ0) is 16.4. The fourth-order valence-electron chi connectivity index (χ4n) is 3.12. The molecule has 4 heteroatoms. The van der Waals surface area contributed by atoms with E-state index < -0.39 is 0 Å². The number of rotatable bonds is 4. The Morgan fingerprint density at radius 2 is 1.83 bits per heavy atom. The lowest BCUT2D eigenvalue weighted by Gasteiger charge is -2.24. The van der Waals surface area contributed by atoms with Crippen LogP contribution in [0.4, 0.5) is 5.69 Å². The van der Waals surface area contributed by atoms with Crippen molar-refractivity contribution in [3.05, 3.63) is 78.6 Å². The van der Waals surface area contributed by atoms with Crippen LogP contribution in [-0.4, -0.2) is 24.8 Å². The molecular formula is C20H20N2O2. The summed E-state index contributed by atoms with van der Waals surface area (Å²) in [5.74, 6) is 0.853. The van der Waals surface area contributed by atoms with Crippen LogP contribution in [0.1, 0.15) is 11.8 Å². The summed E-state index contributed by atoms with van der Waals surface area (Å²) in [5, 5.41) is 0. The summed E-state index contributed by atoms with van der Waals surface area (Å²) in [6, 6.07) is 20.6. The zero-order valence-corrected chi connectivity index (χ0v) is 13.6. The molecule has 1 unspecified atom stereocenters. The van der Waals surface area contributed by atoms with Gasteiger partial charge in [-0.3, -0.25) is 0 Å². The Labute approximate surface area is 141 Å². The first-order chi connectivity index (χ1) is 11.8. The van der Waals surface area contributed by atoms with Gasteiger partial charge in [0.2, 0.25) is 0 Å². The molecule has 1 fully saturated rings. The Morgan fingerprint density at radius 3 is 2.67 bits per heavy atom. The molecule has 1 aliphatic heterocycles. The molecule has 24 heavy (non-hydrogen) atoms. The van der Waals surface area contributed by atoms with Crippen molar-refractivity contribution in [2.24, 2.45) is 0 Å². The van der Waals surface area contributed by atoms with E-state index in [9.17, 15) is 0 Å². The van der Waals surface area contributed by atoms with Crippen LogP contribution in [0.15, 0.2) is 73.1 Å². The molecule has 4 rings (SSSR count). The highest BCUT2D eigenvalue weighted by atomic mass is 16.5. The van der Waals surface area contributed by atoms with E-state index in [1.807, 2.05) is 24.3 Å². The SMILES string of the molecule is COc1cccc(-n2ccc(C3OCCN3c3ccccc3)c2)c1. The third-order valence-corrected chi connectivity index (χ3v) is 4.33. The van der Waals surface area contributed by atoms with Gasteiger partial charge < -0.3 is 18.9 Å². The number of ether oxygens (including phenoxy) is 2. The van der Waals surface area contributed by atoms with Crippen LogP contribution in [0.3, 0.4) is 0 Å². The average molecular weight is 320 g/mol. The fourth-order valence-corrected chi connectivity index (χ4v) is 3.12. The smallest absolute Gasteiger partial charge is 0.158 e. The molecule has 2 aromatic carbocycles. The van der Waals surface area contributed by atoms with Crippen LogP contribution >= 0.6 is 0 Å². The van der Waals surface area contributed by atoms with Gasteiger partial charge in [-0.15, -0.1) is 0 Å². The van der Waals surface area contributed by atoms with Crippen molar-refractivity contribution in [2.75, 3.05) is 25.2 Å². The Hall–Kier alpha value is -2.72. The number of para-hydroxylation sites is 1. The van der Waals surface area contributed by atoms with E-state index in [-0.39, 0.29) is 6.23 Å². The molecule has 0 bridgehead atoms. The monoisotopic (exact) mass is 320 g/mol. The van der Waals surface area contributed by atoms with Gasteiger partial charge in [0.25, 0.3) is 0 Å². The van der Waals surface area contributed by atoms with E-state index in [0.29, 0.717) is 0 Å². The van der Waals surface area contributed by atoms with Gasteiger partial charge in [0.05, 0.1) is 13.7 Å². The molecule has 3 aromatic rings. The topological polar surface area (TPSA) is 26.6 Å². The van der Waals surface area contributed by atoms with E-state index in [1.165, 1.54) is 5.69 Å². The molecule has 2 heterocycles. The molecular weight excluding hydrogens is 300 g/mol. The molecule has 0 radical (unpaired) electrons. The van der Waals surface area contributed by atoms with Gasteiger partial charge in [-0.25, -0.2) is 0 Å². The van der Waals surface area contributed by atoms with E-state index >= 15 is 0 Å². The molecule has 1 saturated heterocycles. The number of methoxy groups -OCH3 is 1. The van der Waals surface area contributed by atoms with Gasteiger partial charge in [-0.1, -0.05) is 24.3 Å². The first kappa shape index (κ1) is 14.8. The maximum absolute atomic E-state index is 5.99. The van der Waals surface area contributed by atoms with Crippen LogP contribution in [-0.2, 0) is 4.74 Å². The number of hydrogen-bond donors (Lipinski definition) is 0. The maximum Gasteiger partial charge on any atom is 0.158 e. The summed E-state index contributed by atoms with van der Waals surface area (Å²) in [4.78, 5) is 2.30. The van der Waals surface area contributed by atoms with Crippen LogP contribution in [0, 0.1) is 0 Å². The predicted molar refractivity (Wildman–Crippen MR) is 94.8 cm³/mol. The van der Waals surface area contributed by atoms with Crippen molar-refractivity contribution < 1.29 is 9.47 Å². The van der Waals surface area contributed by atoms with Crippen molar-refractivity contribution >= 4 is 5.69 Å². The maximum atomic E-state index is 5.99. The van der Waals surface area contributed by atoms with Crippen LogP contribution < -0.4 is 9.64 Å². The standard InChI is InChI=1S/C20H20N2O2/c1-23-19-9-5-8-18(14-19)21-11-10-16(15-21)20-22(12-13-24-20)17-6-3-2-4-7-17/h2-11,14-15,20H,12-13H2,1H3. The molecule has 0 aliphatic carbocycles. The van der Waals surface area contributed by atoms with Gasteiger partial charge in [0.1, 0.15) is 5.75 Å². The lowest BCUT2D eigenvalue weighted by Crippen LogP contribution is -2.22. The summed E-state index contributed by atoms with van der Waals surface area (Å²) in [7, 11) is 1.68. The molecule has 4 nitrogen and oxygen atoms in total. The Morgan fingerprint density at radius 1 is 1.00 bits per heavy atom. The molecule has 0 spiro atoms. The minimum atomic E-state index is -0.0424. The predicted octanol–water partition coefficient (Wildman–Crippen LogP) is 4.02. The zero-order valence-electron chi connectivity index (χ0n) is 13.6. The average Bonchev–Trinajstić information content (AvgIpc) is 3.31. The minimum Gasteiger partial charge on any atom is -0.497 e. The lowest BCUT2D eigenvalue weighted by molar-refractivity contribution is 0.114. The van der Waals surface area contributed by atoms with E-state index in [2.05, 4.69) is 58.3 Å². The van der Waals surface area contributed by atoms with Gasteiger partial charge in [0.15, 0.2) is 6.23 Å². The molecule has 0 N–H and O–H groups in total. The summed E-state index contributed by atoms with van der Waals surface area (Å²) >= 11 is 0. The Bertz CT molecular complexity index is 813. The lowest BCUT2D eigenvalue weighted by atomic mass is 10.2. The van der Waals surface area contributed by atoms with Gasteiger partial charge in [-0.05, 0) is 30.3 Å². The van der Waals surface area contributed by atoms with Gasteiger partial charge in [-0.2, -0.15) is 0 Å². The third-order valence-electron chi connectivity index (χ3n) is 4.33. The number of nitrogens with zero attached hydrogens (tertiary/aromatic N) is 2.